The molecule has 4 heteroatoms. The van der Waals surface area contributed by atoms with Crippen molar-refractivity contribution in [1.82, 2.24) is 9.78 Å². The van der Waals surface area contributed by atoms with Gasteiger partial charge >= 0.3 is 0 Å². The highest BCUT2D eigenvalue weighted by atomic mass is 32.2. The van der Waals surface area contributed by atoms with E-state index in [-0.39, 0.29) is 5.78 Å². The van der Waals surface area contributed by atoms with Crippen LogP contribution in [0.25, 0.3) is 5.69 Å². The number of Topliss-reactive ketones (excluding diaryl/α,β-unsaturated/α-hetero) is 1. The van der Waals surface area contributed by atoms with E-state index in [0.717, 1.165) is 11.4 Å². The summed E-state index contributed by atoms with van der Waals surface area (Å²) in [4.78, 5) is 12.6. The van der Waals surface area contributed by atoms with Crippen LogP contribution in [0.15, 0.2) is 35.4 Å². The van der Waals surface area contributed by atoms with E-state index in [2.05, 4.69) is 17.2 Å². The Morgan fingerprint density at radius 3 is 2.76 bits per heavy atom. The summed E-state index contributed by atoms with van der Waals surface area (Å²) in [5.74, 6) is 0.0507. The van der Waals surface area contributed by atoms with Gasteiger partial charge in [-0.3, -0.25) is 4.79 Å². The maximum Gasteiger partial charge on any atom is 0.163 e. The van der Waals surface area contributed by atoms with Crippen molar-refractivity contribution in [3.8, 4) is 5.69 Å². The first-order valence-corrected chi connectivity index (χ1v) is 6.56. The van der Waals surface area contributed by atoms with E-state index in [1.807, 2.05) is 25.3 Å². The molecule has 0 atom stereocenters. The molecule has 88 valence electrons. The molecule has 0 spiro atoms. The van der Waals surface area contributed by atoms with E-state index >= 15 is 0 Å². The van der Waals surface area contributed by atoms with Gasteiger partial charge in [0, 0.05) is 4.90 Å². The summed E-state index contributed by atoms with van der Waals surface area (Å²) in [6.45, 7) is 3.47. The number of thioether (sulfide) groups is 1. The second-order valence-electron chi connectivity index (χ2n) is 3.81. The minimum atomic E-state index is 0.0507. The third kappa shape index (κ3) is 2.26. The fourth-order valence-corrected chi connectivity index (χ4v) is 2.21. The van der Waals surface area contributed by atoms with Crippen molar-refractivity contribution in [2.45, 2.75) is 18.7 Å². The molecule has 0 unspecified atom stereocenters. The fraction of sp³-hybridized carbons (Fsp3) is 0.231. The molecule has 2 aromatic rings. The van der Waals surface area contributed by atoms with E-state index in [0.29, 0.717) is 5.56 Å². The van der Waals surface area contributed by atoms with Crippen molar-refractivity contribution in [3.63, 3.8) is 0 Å². The highest BCUT2D eigenvalue weighted by Gasteiger charge is 2.11. The predicted octanol–water partition coefficient (Wildman–Crippen LogP) is 3.11. The van der Waals surface area contributed by atoms with Gasteiger partial charge < -0.3 is 0 Å². The molecule has 3 nitrogen and oxygen atoms in total. The molecule has 0 aliphatic rings. The molecule has 0 aliphatic carbocycles. The Morgan fingerprint density at radius 2 is 2.18 bits per heavy atom. The van der Waals surface area contributed by atoms with Crippen molar-refractivity contribution >= 4 is 17.5 Å². The third-order valence-corrected chi connectivity index (χ3v) is 3.41. The predicted molar refractivity (Wildman–Crippen MR) is 70.1 cm³/mol. The summed E-state index contributed by atoms with van der Waals surface area (Å²) in [6, 6.07) is 8.10. The number of ketones is 1. The molecule has 1 aromatic heterocycles. The molecule has 0 saturated heterocycles. The molecule has 0 N–H and O–H groups in total. The molecule has 2 rings (SSSR count). The van der Waals surface area contributed by atoms with Gasteiger partial charge in [0.25, 0.3) is 0 Å². The first-order valence-electron chi connectivity index (χ1n) is 5.33. The minimum Gasteiger partial charge on any atom is -0.294 e. The topological polar surface area (TPSA) is 34.9 Å². The highest BCUT2D eigenvalue weighted by molar-refractivity contribution is 7.98. The summed E-state index contributed by atoms with van der Waals surface area (Å²) in [5.41, 5.74) is 2.55. The van der Waals surface area contributed by atoms with Crippen molar-refractivity contribution in [2.75, 3.05) is 6.26 Å². The molecule has 1 heterocycles. The van der Waals surface area contributed by atoms with Crippen LogP contribution in [0, 0.1) is 6.92 Å². The van der Waals surface area contributed by atoms with E-state index in [4.69, 9.17) is 0 Å². The Labute approximate surface area is 105 Å². The molecule has 0 fully saturated rings. The van der Waals surface area contributed by atoms with E-state index in [9.17, 15) is 4.79 Å². The number of nitrogens with zero attached hydrogens (tertiary/aromatic N) is 2. The summed E-state index contributed by atoms with van der Waals surface area (Å²) in [7, 11) is 0. The third-order valence-electron chi connectivity index (χ3n) is 2.69. The van der Waals surface area contributed by atoms with Crippen LogP contribution in [0.5, 0.6) is 0 Å². The quantitative estimate of drug-likeness (QED) is 0.616. The first-order chi connectivity index (χ1) is 8.13. The van der Waals surface area contributed by atoms with E-state index in [1.54, 1.807) is 29.6 Å². The van der Waals surface area contributed by atoms with Crippen molar-refractivity contribution in [1.29, 1.82) is 0 Å². The number of carbonyl (C=O) groups excluding carboxylic acids is 1. The zero-order valence-electron chi connectivity index (χ0n) is 10.1. The Morgan fingerprint density at radius 1 is 1.41 bits per heavy atom. The number of aromatic nitrogens is 2. The first kappa shape index (κ1) is 11.9. The second kappa shape index (κ2) is 4.75. The van der Waals surface area contributed by atoms with Crippen molar-refractivity contribution in [2.24, 2.45) is 0 Å². The molecule has 0 amide bonds. The van der Waals surface area contributed by atoms with Crippen LogP contribution in [-0.4, -0.2) is 21.8 Å². The number of carbonyl (C=O) groups is 1. The monoisotopic (exact) mass is 246 g/mol. The molecular formula is C13H14N2OS. The van der Waals surface area contributed by atoms with Gasteiger partial charge in [0.05, 0.1) is 23.1 Å². The SMILES string of the molecule is CSc1cccc(-n2ncc(C(C)=O)c2C)c1. The van der Waals surface area contributed by atoms with Gasteiger partial charge in [0.1, 0.15) is 0 Å². The van der Waals surface area contributed by atoms with Crippen molar-refractivity contribution in [3.05, 3.63) is 41.7 Å². The maximum atomic E-state index is 11.4. The van der Waals surface area contributed by atoms with Crippen LogP contribution in [0.2, 0.25) is 0 Å². The second-order valence-corrected chi connectivity index (χ2v) is 4.69. The maximum absolute atomic E-state index is 11.4. The average Bonchev–Trinajstić information content (AvgIpc) is 2.71. The lowest BCUT2D eigenvalue weighted by molar-refractivity contribution is 0.101. The van der Waals surface area contributed by atoms with Crippen LogP contribution in [0.3, 0.4) is 0 Å². The zero-order chi connectivity index (χ0) is 12.4. The Bertz CT molecular complexity index is 560. The fourth-order valence-electron chi connectivity index (χ4n) is 1.76. The van der Waals surface area contributed by atoms with Gasteiger partial charge in [-0.1, -0.05) is 6.07 Å². The van der Waals surface area contributed by atoms with Crippen LogP contribution in [-0.2, 0) is 0 Å². The van der Waals surface area contributed by atoms with Gasteiger partial charge in [-0.15, -0.1) is 11.8 Å². The molecule has 1 aromatic carbocycles. The lowest BCUT2D eigenvalue weighted by atomic mass is 10.2. The van der Waals surface area contributed by atoms with Gasteiger partial charge in [-0.25, -0.2) is 4.68 Å². The molecular weight excluding hydrogens is 232 g/mol. The lowest BCUT2D eigenvalue weighted by Crippen LogP contribution is -2.01. The summed E-state index contributed by atoms with van der Waals surface area (Å²) in [5, 5.41) is 4.27. The summed E-state index contributed by atoms with van der Waals surface area (Å²) >= 11 is 1.69. The molecule has 0 radical (unpaired) electrons. The Hall–Kier alpha value is -1.55. The van der Waals surface area contributed by atoms with Gasteiger partial charge in [0.2, 0.25) is 0 Å². The number of benzene rings is 1. The molecule has 0 bridgehead atoms. The number of hydrogen-bond donors (Lipinski definition) is 0. The smallest absolute Gasteiger partial charge is 0.163 e. The van der Waals surface area contributed by atoms with Gasteiger partial charge in [-0.05, 0) is 38.3 Å². The largest absolute Gasteiger partial charge is 0.294 e. The zero-order valence-corrected chi connectivity index (χ0v) is 10.9. The highest BCUT2D eigenvalue weighted by Crippen LogP contribution is 2.20. The van der Waals surface area contributed by atoms with Crippen LogP contribution >= 0.6 is 11.8 Å². The molecule has 17 heavy (non-hydrogen) atoms. The Kier molecular flexibility index (Phi) is 3.33. The minimum absolute atomic E-state index is 0.0507. The van der Waals surface area contributed by atoms with Crippen LogP contribution in [0.4, 0.5) is 0 Å². The standard InChI is InChI=1S/C13H14N2OS/c1-9-13(10(2)16)8-14-15(9)11-5-4-6-12(7-11)17-3/h4-8H,1-3H3. The van der Waals surface area contributed by atoms with Crippen LogP contribution < -0.4 is 0 Å². The summed E-state index contributed by atoms with van der Waals surface area (Å²) in [6.07, 6.45) is 3.67. The number of hydrogen-bond acceptors (Lipinski definition) is 3. The number of rotatable bonds is 3. The normalized spacial score (nSPS) is 10.5. The average molecular weight is 246 g/mol. The summed E-state index contributed by atoms with van der Waals surface area (Å²) < 4.78 is 1.80. The van der Waals surface area contributed by atoms with E-state index in [1.165, 1.54) is 4.90 Å². The van der Waals surface area contributed by atoms with Crippen LogP contribution in [0.1, 0.15) is 23.0 Å². The molecule has 0 saturated carbocycles. The Balaban J connectivity index is 2.49. The van der Waals surface area contributed by atoms with E-state index < -0.39 is 0 Å². The van der Waals surface area contributed by atoms with Crippen molar-refractivity contribution < 1.29 is 4.79 Å². The lowest BCUT2D eigenvalue weighted by Gasteiger charge is -2.06. The van der Waals surface area contributed by atoms with Gasteiger partial charge in [-0.2, -0.15) is 5.10 Å². The van der Waals surface area contributed by atoms with Gasteiger partial charge in [0.15, 0.2) is 5.78 Å². The molecule has 0 aliphatic heterocycles.